The molecule has 0 atom stereocenters. The van der Waals surface area contributed by atoms with Crippen LogP contribution in [0.25, 0.3) is 0 Å². The number of H-pyrrole nitrogens is 17. The van der Waals surface area contributed by atoms with Crippen molar-refractivity contribution in [2.75, 3.05) is 56.2 Å². The third-order valence-corrected chi connectivity index (χ3v) is 25.9. The van der Waals surface area contributed by atoms with Gasteiger partial charge in [0.25, 0.3) is 0 Å². The molecule has 13 aromatic rings. The van der Waals surface area contributed by atoms with Crippen molar-refractivity contribution in [3.63, 3.8) is 0 Å². The van der Waals surface area contributed by atoms with Crippen LogP contribution in [0, 0.1) is 75.8 Å². The SMILES string of the molecule is S=c1[nH][nH]c(=S)s1.S=c1[nH]c(=S)[nH]c(=S)[nH]1.S=c1[nH]c(S)c(S)s1.S=c1[nH]c(S)cs1.S=c1[nH]ccs1.S=c1[nH]ncs1.S=c1cc[nH]c(=S)[nH]1.S=c1cccc(S)[nH]1.S=c1cccc[nH]1.S=c1nc[nH]c(=S)[nH]1.S=c1nccc[nH]1.S=c1ncnc[nH]1.SCCSCCS.SCCSSCCS.SCSCS.Sc1cscn1. The molecule has 114 heavy (non-hydrogen) atoms. The molecule has 0 amide bonds. The number of hydrogen-bond acceptors (Lipinski definition) is 44. The van der Waals surface area contributed by atoms with Crippen LogP contribution in [0.4, 0.5) is 0 Å². The van der Waals surface area contributed by atoms with E-state index in [1.807, 2.05) is 98.3 Å². The minimum atomic E-state index is 0.411. The van der Waals surface area contributed by atoms with Gasteiger partial charge >= 0.3 is 0 Å². The fraction of sp³-hybridized carbons (Fsp3) is 0.189. The van der Waals surface area contributed by atoms with E-state index >= 15 is 0 Å². The third kappa shape index (κ3) is 84.3. The Morgan fingerprint density at radius 1 is 0.386 bits per heavy atom. The number of nitrogens with zero attached hydrogens (tertiary/aromatic N) is 6. The number of aromatic nitrogens is 23. The van der Waals surface area contributed by atoms with Crippen molar-refractivity contribution in [3.05, 3.63) is 201 Å². The van der Waals surface area contributed by atoms with Crippen LogP contribution in [-0.4, -0.2) is 171 Å². The second kappa shape index (κ2) is 84.0. The van der Waals surface area contributed by atoms with Crippen molar-refractivity contribution < 1.29 is 0 Å². The number of rotatable bonds is 11. The predicted octanol–water partition coefficient (Wildman–Crippen LogP) is 26.4. The van der Waals surface area contributed by atoms with Crippen molar-refractivity contribution in [2.24, 2.45) is 0 Å². The van der Waals surface area contributed by atoms with Gasteiger partial charge in [-0.2, -0.15) is 92.6 Å². The Kier molecular flexibility index (Phi) is 87.1. The molecule has 13 aromatic heterocycles. The van der Waals surface area contributed by atoms with Gasteiger partial charge in [0.1, 0.15) is 30.8 Å². The maximum atomic E-state index is 4.80. The summed E-state index contributed by atoms with van der Waals surface area (Å²) < 4.78 is 11.3. The van der Waals surface area contributed by atoms with E-state index in [-0.39, 0.29) is 0 Å². The summed E-state index contributed by atoms with van der Waals surface area (Å²) in [5.41, 5.74) is 3.42. The summed E-state index contributed by atoms with van der Waals surface area (Å²) in [5, 5.41) is 22.2. The summed E-state index contributed by atoms with van der Waals surface area (Å²) in [6.45, 7) is 0. The molecule has 0 aliphatic rings. The zero-order valence-electron chi connectivity index (χ0n) is 57.3. The molecule has 0 bridgehead atoms. The van der Waals surface area contributed by atoms with Gasteiger partial charge in [0.05, 0.1) is 37.5 Å². The van der Waals surface area contributed by atoms with Gasteiger partial charge in [0, 0.05) is 91.8 Å². The van der Waals surface area contributed by atoms with E-state index in [9.17, 15) is 0 Å². The van der Waals surface area contributed by atoms with Crippen molar-refractivity contribution in [1.29, 1.82) is 0 Å². The van der Waals surface area contributed by atoms with E-state index in [4.69, 9.17) is 147 Å². The normalized spacial score (nSPS) is 9.04. The zero-order chi connectivity index (χ0) is 86.0. The van der Waals surface area contributed by atoms with E-state index in [0.717, 1.165) is 106 Å². The molecule has 0 aliphatic carbocycles. The Bertz CT molecular complexity index is 5020. The summed E-state index contributed by atoms with van der Waals surface area (Å²) in [7, 11) is 3.74. The lowest BCUT2D eigenvalue weighted by atomic mass is 10.5. The van der Waals surface area contributed by atoms with E-state index in [1.54, 1.807) is 64.8 Å². The molecule has 61 heteroatoms. The first-order valence-electron chi connectivity index (χ1n) is 29.1. The highest BCUT2D eigenvalue weighted by molar-refractivity contribution is 8.76. The van der Waals surface area contributed by atoms with E-state index in [2.05, 4.69) is 315 Å². The lowest BCUT2D eigenvalue weighted by molar-refractivity contribution is 0.983. The number of nitrogens with one attached hydrogen (secondary N) is 17. The van der Waals surface area contributed by atoms with Crippen molar-refractivity contribution in [3.8, 4) is 0 Å². The monoisotopic (exact) mass is 2240 g/mol. The Labute approximate surface area is 843 Å². The first-order valence-corrected chi connectivity index (χ1v) is 52.1. The Morgan fingerprint density at radius 2 is 0.982 bits per heavy atom. The average molecular weight is 2250 g/mol. The lowest BCUT2D eigenvalue weighted by Crippen LogP contribution is -1.86. The highest BCUT2D eigenvalue weighted by Crippen LogP contribution is 2.22. The fourth-order valence-corrected chi connectivity index (χ4v) is 17.8. The Hall–Kier alpha value is 0.120. The molecule has 0 radical (unpaired) electrons. The molecule has 0 spiro atoms. The van der Waals surface area contributed by atoms with E-state index in [1.165, 1.54) is 75.7 Å². The molecular formula is C53H69N23S38. The second-order valence-electron chi connectivity index (χ2n) is 16.7. The topological polar surface area (TPSA) is 346 Å². The van der Waals surface area contributed by atoms with Gasteiger partial charge in [-0.25, -0.2) is 24.9 Å². The number of thiazole rings is 4. The second-order valence-corrected chi connectivity index (χ2v) is 41.4. The van der Waals surface area contributed by atoms with Gasteiger partial charge in [-0.1, -0.05) is 104 Å². The maximum Gasteiger partial charge on any atom is 0.200 e. The molecule has 0 fully saturated rings. The molecule has 0 aromatic carbocycles. The Morgan fingerprint density at radius 3 is 1.22 bits per heavy atom. The number of hydrogen-bond donors (Lipinski definition) is 28. The molecule has 0 saturated heterocycles. The smallest absolute Gasteiger partial charge is 0.200 e. The largest absolute Gasteiger partial charge is 0.353 e. The molecule has 17 N–H and O–H groups in total. The molecule has 0 unspecified atom stereocenters. The van der Waals surface area contributed by atoms with Crippen molar-refractivity contribution >= 4 is 460 Å². The first-order chi connectivity index (χ1) is 54.4. The molecule has 0 aliphatic heterocycles. The summed E-state index contributed by atoms with van der Waals surface area (Å²) in [6, 6.07) is 14.7. The van der Waals surface area contributed by atoms with Crippen LogP contribution in [0.15, 0.2) is 150 Å². The van der Waals surface area contributed by atoms with Crippen LogP contribution >= 0.6 is 460 Å². The fourth-order valence-electron chi connectivity index (χ4n) is 4.38. The number of thioether (sulfide) groups is 2. The van der Waals surface area contributed by atoms with E-state index < -0.39 is 0 Å². The van der Waals surface area contributed by atoms with Crippen LogP contribution in [0.2, 0.25) is 0 Å². The minimum absolute atomic E-state index is 0.411. The highest BCUT2D eigenvalue weighted by atomic mass is 33.1. The molecule has 624 valence electrons. The van der Waals surface area contributed by atoms with Crippen LogP contribution in [0.3, 0.4) is 0 Å². The highest BCUT2D eigenvalue weighted by Gasteiger charge is 1.94. The summed E-state index contributed by atoms with van der Waals surface area (Å²) in [4.78, 5) is 56.8. The molecule has 23 nitrogen and oxygen atoms in total. The molecule has 13 heterocycles. The average Bonchev–Trinajstić information content (AvgIpc) is 1.53. The van der Waals surface area contributed by atoms with Crippen LogP contribution in [-0.2, 0) is 0 Å². The number of aromatic amines is 17. The van der Waals surface area contributed by atoms with Gasteiger partial charge < -0.3 is 69.8 Å². The summed E-state index contributed by atoms with van der Waals surface area (Å²) in [5.74, 6) is 8.52. The molecule has 13 rings (SSSR count). The van der Waals surface area contributed by atoms with Crippen LogP contribution in [0.5, 0.6) is 0 Å². The maximum absolute atomic E-state index is 4.80. The third-order valence-electron chi connectivity index (χ3n) is 8.37. The van der Waals surface area contributed by atoms with E-state index in [0.29, 0.717) is 50.7 Å². The molecular weight excluding hydrogens is 2180 g/mol. The van der Waals surface area contributed by atoms with Crippen LogP contribution in [0.1, 0.15) is 0 Å². The summed E-state index contributed by atoms with van der Waals surface area (Å²) in [6.07, 6.45) is 13.1. The zero-order valence-corrected chi connectivity index (χ0v) is 89.2. The van der Waals surface area contributed by atoms with Gasteiger partial charge in [-0.3, -0.25) is 15.3 Å². The van der Waals surface area contributed by atoms with Crippen molar-refractivity contribution in [1.82, 2.24) is 115 Å². The lowest BCUT2D eigenvalue weighted by Gasteiger charge is -1.93. The minimum Gasteiger partial charge on any atom is -0.353 e. The van der Waals surface area contributed by atoms with Crippen LogP contribution < -0.4 is 0 Å². The number of thiol groups is 11. The van der Waals surface area contributed by atoms with Crippen molar-refractivity contribution in [2.45, 2.75) is 24.3 Å². The number of pyridine rings is 2. The van der Waals surface area contributed by atoms with Gasteiger partial charge in [0.15, 0.2) is 61.9 Å². The van der Waals surface area contributed by atoms with Gasteiger partial charge in [0.2, 0.25) is 0 Å². The van der Waals surface area contributed by atoms with Gasteiger partial charge in [-0.05, 0) is 219 Å². The quantitative estimate of drug-likeness (QED) is 0.0188. The summed E-state index contributed by atoms with van der Waals surface area (Å²) >= 11 is 137. The predicted molar refractivity (Wildman–Crippen MR) is 575 cm³/mol. The first kappa shape index (κ1) is 118. The van der Waals surface area contributed by atoms with Gasteiger partial charge in [-0.15, -0.1) is 109 Å². The Balaban J connectivity index is -0.00000115. The molecule has 0 saturated carbocycles. The standard InChI is InChI=1S/C5H5NS2.C5H5NS.C4H4N2S2.C4H4N2S.C4H10S4.C4H10S3.C3H3N3S3.C3H3N3S2.C3H3N3S.C3H3NS4.C3H3NS3.2C3H3NS2.C2H2N2S3.C2H2N2S2.C2H6S3/c7-4-2-1-3-5(8)6-4;7-5-3-1-2-4-6-5;7-3-1-2-5-4(8)6-3;7-4-5-2-1-3-6-4;5-1-3-7-8-4-2-6;5-1-3-7-4-2-6;7-1-4-2(8)6-3(9)5-1;7-2-4-1-5-3(8)6-2;7-3-5-1-4-2-6-3;5-1-2(6)8-3(7)4-1;5-2-1-7-3(6)4-2;5-3-1-6-2-4-3;5-3-4-1-2-6-3;5-1-3-4-2(6)7-1;5-2-4-3-1-6-2;3-1-5-2-4/h1-3H,(H2,6,7,8);1-4H,(H,6,7);1-2H,(H2,5,6,7,8);1-3H,(H,5,6,7);5-6H,1-4H2;5-6H,1-4H2;(H3,4,5,6,7,8,9);1H,(H2,4,5,6,7,8);1-2H,(H,4,5,6,7);5-6H,(H,4,7);1,5H,(H,4,6);1-2,5H;1-2H,(H,4,5);(H,3,5)(H,4,6);1H,(H,4,5);3-4H,1-2H2.